The molecule has 0 radical (unpaired) electrons. The van der Waals surface area contributed by atoms with E-state index < -0.39 is 0 Å². The number of hydrogen-bond donors (Lipinski definition) is 0. The Morgan fingerprint density at radius 2 is 2.00 bits per heavy atom. The third-order valence-corrected chi connectivity index (χ3v) is 4.83. The normalized spacial score (nSPS) is 11.4. The van der Waals surface area contributed by atoms with Crippen LogP contribution in [0, 0.1) is 6.92 Å². The number of fused-ring (bicyclic) bond motifs is 1. The Kier molecular flexibility index (Phi) is 3.91. The van der Waals surface area contributed by atoms with Gasteiger partial charge >= 0.3 is 0 Å². The summed E-state index contributed by atoms with van der Waals surface area (Å²) in [6.45, 7) is 2.67. The van der Waals surface area contributed by atoms with Crippen molar-refractivity contribution in [2.45, 2.75) is 19.3 Å². The number of imidazole rings is 1. The molecule has 7 heteroatoms. The minimum Gasteiger partial charge on any atom is -0.322 e. The first-order valence-corrected chi connectivity index (χ1v) is 8.00. The van der Waals surface area contributed by atoms with Crippen LogP contribution in [0.1, 0.15) is 15.7 Å². The highest BCUT2D eigenvalue weighted by Gasteiger charge is 2.13. The first-order chi connectivity index (χ1) is 9.58. The monoisotopic (exact) mass is 345 g/mol. The van der Waals surface area contributed by atoms with E-state index in [4.69, 9.17) is 34.8 Å². The summed E-state index contributed by atoms with van der Waals surface area (Å²) in [5.41, 5.74) is 1.73. The van der Waals surface area contributed by atoms with E-state index in [1.807, 2.05) is 19.2 Å². The summed E-state index contributed by atoms with van der Waals surface area (Å²) in [5, 5.41) is 2.05. The number of thiazole rings is 1. The van der Waals surface area contributed by atoms with Gasteiger partial charge in [0.1, 0.15) is 5.82 Å². The van der Waals surface area contributed by atoms with E-state index in [-0.39, 0.29) is 0 Å². The lowest BCUT2D eigenvalue weighted by Crippen LogP contribution is -2.02. The molecule has 0 amide bonds. The SMILES string of the molecule is Cc1ncc(Cn2c(CCl)nc3cc(Cl)c(Cl)cc32)s1. The van der Waals surface area contributed by atoms with E-state index >= 15 is 0 Å². The zero-order valence-corrected chi connectivity index (χ0v) is 13.6. The Morgan fingerprint density at radius 3 is 2.65 bits per heavy atom. The summed E-state index contributed by atoms with van der Waals surface area (Å²) in [4.78, 5) is 9.93. The predicted molar refractivity (Wildman–Crippen MR) is 85.3 cm³/mol. The Bertz CT molecular complexity index is 779. The van der Waals surface area contributed by atoms with Crippen LogP contribution in [0.15, 0.2) is 18.3 Å². The lowest BCUT2D eigenvalue weighted by Gasteiger charge is -2.06. The molecule has 0 bridgehead atoms. The molecule has 0 N–H and O–H groups in total. The fraction of sp³-hybridized carbons (Fsp3) is 0.231. The van der Waals surface area contributed by atoms with Gasteiger partial charge in [-0.3, -0.25) is 0 Å². The molecule has 0 aliphatic heterocycles. The average Bonchev–Trinajstić information content (AvgIpc) is 2.96. The standard InChI is InChI=1S/C13H10Cl3N3S/c1-7-17-5-8(20-7)6-19-12-3-10(16)9(15)2-11(12)18-13(19)4-14/h2-3,5H,4,6H2,1H3. The Balaban J connectivity index is 2.14. The van der Waals surface area contributed by atoms with Crippen molar-refractivity contribution in [1.82, 2.24) is 14.5 Å². The second kappa shape index (κ2) is 5.53. The molecule has 3 rings (SSSR count). The molecule has 0 saturated heterocycles. The van der Waals surface area contributed by atoms with Gasteiger partial charge in [-0.25, -0.2) is 9.97 Å². The molecular weight excluding hydrogens is 337 g/mol. The molecule has 0 unspecified atom stereocenters. The Labute approximate surface area is 135 Å². The third-order valence-electron chi connectivity index (χ3n) is 2.97. The van der Waals surface area contributed by atoms with Gasteiger partial charge in [-0.1, -0.05) is 23.2 Å². The number of halogens is 3. The minimum absolute atomic E-state index is 0.335. The van der Waals surface area contributed by atoms with Crippen LogP contribution in [-0.2, 0) is 12.4 Å². The molecule has 0 saturated carbocycles. The van der Waals surface area contributed by atoms with Crippen LogP contribution in [0.5, 0.6) is 0 Å². The van der Waals surface area contributed by atoms with Crippen LogP contribution in [0.2, 0.25) is 10.0 Å². The van der Waals surface area contributed by atoms with Gasteiger partial charge in [0, 0.05) is 11.1 Å². The van der Waals surface area contributed by atoms with Gasteiger partial charge < -0.3 is 4.57 Å². The topological polar surface area (TPSA) is 30.7 Å². The quantitative estimate of drug-likeness (QED) is 0.632. The third kappa shape index (κ3) is 2.53. The second-order valence-corrected chi connectivity index (χ2v) is 6.75. The van der Waals surface area contributed by atoms with Crippen molar-refractivity contribution >= 4 is 57.2 Å². The zero-order chi connectivity index (χ0) is 14.3. The fourth-order valence-electron chi connectivity index (χ4n) is 2.08. The van der Waals surface area contributed by atoms with Gasteiger partial charge in [0.25, 0.3) is 0 Å². The van der Waals surface area contributed by atoms with E-state index in [1.54, 1.807) is 17.4 Å². The Hall–Kier alpha value is -0.810. The number of nitrogens with zero attached hydrogens (tertiary/aromatic N) is 3. The number of rotatable bonds is 3. The number of aryl methyl sites for hydroxylation is 1. The summed E-state index contributed by atoms with van der Waals surface area (Å²) in [5.74, 6) is 1.13. The van der Waals surface area contributed by atoms with E-state index in [1.165, 1.54) is 0 Å². The molecule has 0 spiro atoms. The molecule has 0 aliphatic carbocycles. The van der Waals surface area contributed by atoms with Crippen LogP contribution >= 0.6 is 46.1 Å². The first kappa shape index (κ1) is 14.1. The van der Waals surface area contributed by atoms with E-state index in [2.05, 4.69) is 14.5 Å². The highest BCUT2D eigenvalue weighted by Crippen LogP contribution is 2.29. The van der Waals surface area contributed by atoms with Gasteiger partial charge in [0.15, 0.2) is 0 Å². The number of aromatic nitrogens is 3. The molecule has 2 heterocycles. The van der Waals surface area contributed by atoms with Gasteiger partial charge in [-0.2, -0.15) is 0 Å². The van der Waals surface area contributed by atoms with Crippen LogP contribution < -0.4 is 0 Å². The van der Waals surface area contributed by atoms with Crippen molar-refractivity contribution in [3.05, 3.63) is 44.1 Å². The maximum absolute atomic E-state index is 6.10. The number of benzene rings is 1. The number of hydrogen-bond acceptors (Lipinski definition) is 3. The fourth-order valence-corrected chi connectivity index (χ4v) is 3.39. The van der Waals surface area contributed by atoms with Crippen molar-refractivity contribution < 1.29 is 0 Å². The molecule has 3 nitrogen and oxygen atoms in total. The Morgan fingerprint density at radius 1 is 1.25 bits per heavy atom. The molecule has 3 aromatic rings. The van der Waals surface area contributed by atoms with Crippen LogP contribution in [0.25, 0.3) is 11.0 Å². The molecule has 20 heavy (non-hydrogen) atoms. The summed E-state index contributed by atoms with van der Waals surface area (Å²) >= 11 is 19.8. The van der Waals surface area contributed by atoms with Gasteiger partial charge in [0.05, 0.1) is 38.5 Å². The van der Waals surface area contributed by atoms with Crippen LogP contribution in [0.3, 0.4) is 0 Å². The molecule has 104 valence electrons. The second-order valence-electron chi connectivity index (χ2n) is 4.35. The summed E-state index contributed by atoms with van der Waals surface area (Å²) in [7, 11) is 0. The molecule has 2 aromatic heterocycles. The van der Waals surface area contributed by atoms with E-state index in [0.29, 0.717) is 22.5 Å². The molecule has 0 atom stereocenters. The molecule has 0 aliphatic rings. The summed E-state index contributed by atoms with van der Waals surface area (Å²) in [6.07, 6.45) is 1.88. The molecule has 0 fully saturated rings. The first-order valence-electron chi connectivity index (χ1n) is 5.90. The van der Waals surface area contributed by atoms with E-state index in [0.717, 1.165) is 26.7 Å². The zero-order valence-electron chi connectivity index (χ0n) is 10.5. The smallest absolute Gasteiger partial charge is 0.125 e. The molecular formula is C13H10Cl3N3S. The summed E-state index contributed by atoms with van der Waals surface area (Å²) < 4.78 is 2.05. The lowest BCUT2D eigenvalue weighted by molar-refractivity contribution is 0.787. The van der Waals surface area contributed by atoms with E-state index in [9.17, 15) is 0 Å². The highest BCUT2D eigenvalue weighted by molar-refractivity contribution is 7.11. The maximum atomic E-state index is 6.10. The number of alkyl halides is 1. The van der Waals surface area contributed by atoms with Gasteiger partial charge in [0.2, 0.25) is 0 Å². The summed E-state index contributed by atoms with van der Waals surface area (Å²) in [6, 6.07) is 3.60. The van der Waals surface area contributed by atoms with Crippen molar-refractivity contribution in [3.63, 3.8) is 0 Å². The van der Waals surface area contributed by atoms with Gasteiger partial charge in [-0.15, -0.1) is 22.9 Å². The van der Waals surface area contributed by atoms with Crippen molar-refractivity contribution in [2.24, 2.45) is 0 Å². The van der Waals surface area contributed by atoms with Crippen LogP contribution in [0.4, 0.5) is 0 Å². The predicted octanol–water partition coefficient (Wildman–Crippen LogP) is 4.90. The lowest BCUT2D eigenvalue weighted by atomic mass is 10.3. The average molecular weight is 347 g/mol. The van der Waals surface area contributed by atoms with Crippen LogP contribution in [-0.4, -0.2) is 14.5 Å². The van der Waals surface area contributed by atoms with Gasteiger partial charge in [-0.05, 0) is 19.1 Å². The van der Waals surface area contributed by atoms with Crippen molar-refractivity contribution in [2.75, 3.05) is 0 Å². The van der Waals surface area contributed by atoms with Crippen molar-refractivity contribution in [1.29, 1.82) is 0 Å². The molecule has 1 aromatic carbocycles. The minimum atomic E-state index is 0.335. The maximum Gasteiger partial charge on any atom is 0.125 e. The van der Waals surface area contributed by atoms with Crippen molar-refractivity contribution in [3.8, 4) is 0 Å². The highest BCUT2D eigenvalue weighted by atomic mass is 35.5. The largest absolute Gasteiger partial charge is 0.322 e.